The summed E-state index contributed by atoms with van der Waals surface area (Å²) < 4.78 is 0. The zero-order valence-electron chi connectivity index (χ0n) is 35.6. The summed E-state index contributed by atoms with van der Waals surface area (Å²) in [6.07, 6.45) is 21.2. The van der Waals surface area contributed by atoms with Crippen LogP contribution in [0, 0.1) is 0 Å². The van der Waals surface area contributed by atoms with Gasteiger partial charge in [0, 0.05) is 55.4 Å². The SMILES string of the molecule is O=C(CCCCCCCCCCSSCCCCCCCCCCC(=O)ON1C(=O)CCC1=O)CCCSC1CC(=O)N(c2ccc3ccc4cccc5ccc2c3c45)C1=O. The third-order valence-corrected chi connectivity index (χ3v) is 15.7. The lowest BCUT2D eigenvalue weighted by atomic mass is 9.93. The van der Waals surface area contributed by atoms with Crippen molar-refractivity contribution in [3.8, 4) is 0 Å². The van der Waals surface area contributed by atoms with Crippen LogP contribution in [0.4, 0.5) is 5.69 Å². The van der Waals surface area contributed by atoms with Crippen molar-refractivity contribution in [1.29, 1.82) is 0 Å². The second kappa shape index (κ2) is 24.9. The minimum atomic E-state index is -0.500. The van der Waals surface area contributed by atoms with E-state index in [0.29, 0.717) is 35.1 Å². The van der Waals surface area contributed by atoms with Gasteiger partial charge in [0.1, 0.15) is 5.78 Å². The number of ketones is 1. The smallest absolute Gasteiger partial charge is 0.330 e. The first kappa shape index (κ1) is 46.9. The molecular formula is C49H62N2O7S3. The maximum Gasteiger partial charge on any atom is 0.333 e. The number of carbonyl (C=O) groups excluding carboxylic acids is 6. The molecule has 0 bridgehead atoms. The largest absolute Gasteiger partial charge is 0.333 e. The second-order valence-electron chi connectivity index (χ2n) is 16.6. The van der Waals surface area contributed by atoms with Gasteiger partial charge < -0.3 is 4.84 Å². The Balaban J connectivity index is 0.692. The predicted octanol–water partition coefficient (Wildman–Crippen LogP) is 12.3. The monoisotopic (exact) mass is 886 g/mol. The van der Waals surface area contributed by atoms with Crippen LogP contribution in [0.25, 0.3) is 32.3 Å². The Morgan fingerprint density at radius 1 is 0.541 bits per heavy atom. The lowest BCUT2D eigenvalue weighted by molar-refractivity contribution is -0.197. The number of hydrogen-bond donors (Lipinski definition) is 0. The highest BCUT2D eigenvalue weighted by Gasteiger charge is 2.40. The zero-order chi connectivity index (χ0) is 42.8. The van der Waals surface area contributed by atoms with E-state index in [1.807, 2.05) is 39.8 Å². The molecule has 61 heavy (non-hydrogen) atoms. The highest BCUT2D eigenvalue weighted by molar-refractivity contribution is 8.76. The fraction of sp³-hybridized carbons (Fsp3) is 0.551. The second-order valence-corrected chi connectivity index (χ2v) is 20.6. The molecule has 2 heterocycles. The molecule has 0 N–H and O–H groups in total. The fourth-order valence-corrected chi connectivity index (χ4v) is 11.9. The third kappa shape index (κ3) is 13.7. The molecule has 0 aromatic heterocycles. The topological polar surface area (TPSA) is 118 Å². The van der Waals surface area contributed by atoms with Crippen LogP contribution in [0.3, 0.4) is 0 Å². The summed E-state index contributed by atoms with van der Waals surface area (Å²) in [6, 6.07) is 18.5. The summed E-state index contributed by atoms with van der Waals surface area (Å²) in [6.45, 7) is 0. The summed E-state index contributed by atoms with van der Waals surface area (Å²) in [7, 11) is 4.01. The van der Waals surface area contributed by atoms with Gasteiger partial charge in [-0.3, -0.25) is 24.0 Å². The van der Waals surface area contributed by atoms with E-state index in [-0.39, 0.29) is 37.5 Å². The molecule has 4 amide bonds. The van der Waals surface area contributed by atoms with Gasteiger partial charge in [-0.2, -0.15) is 0 Å². The van der Waals surface area contributed by atoms with Gasteiger partial charge >= 0.3 is 5.97 Å². The molecule has 2 aliphatic heterocycles. The molecule has 0 aliphatic carbocycles. The van der Waals surface area contributed by atoms with Gasteiger partial charge in [0.25, 0.3) is 11.8 Å². The number of hydroxylamine groups is 2. The highest BCUT2D eigenvalue weighted by atomic mass is 33.1. The normalized spacial score (nSPS) is 15.8. The van der Waals surface area contributed by atoms with E-state index in [9.17, 15) is 28.8 Å². The molecule has 1 unspecified atom stereocenters. The summed E-state index contributed by atoms with van der Waals surface area (Å²) in [5.41, 5.74) is 0.668. The Morgan fingerprint density at radius 2 is 1.05 bits per heavy atom. The minimum Gasteiger partial charge on any atom is -0.330 e. The third-order valence-electron chi connectivity index (χ3n) is 11.8. The van der Waals surface area contributed by atoms with Crippen LogP contribution in [0.5, 0.6) is 0 Å². The highest BCUT2D eigenvalue weighted by Crippen LogP contribution is 2.41. The van der Waals surface area contributed by atoms with Crippen LogP contribution in [0.2, 0.25) is 0 Å². The van der Waals surface area contributed by atoms with E-state index >= 15 is 0 Å². The molecule has 2 saturated heterocycles. The molecule has 328 valence electrons. The number of amides is 4. The maximum atomic E-state index is 13.6. The van der Waals surface area contributed by atoms with E-state index in [1.165, 1.54) is 104 Å². The summed E-state index contributed by atoms with van der Waals surface area (Å²) >= 11 is 1.52. The lowest BCUT2D eigenvalue weighted by Gasteiger charge is -2.20. The quantitative estimate of drug-likeness (QED) is 0.0217. The number of carbonyl (C=O) groups is 6. The van der Waals surface area contributed by atoms with E-state index in [4.69, 9.17) is 4.84 Å². The molecule has 1 atom stereocenters. The molecule has 12 heteroatoms. The van der Waals surface area contributed by atoms with Crippen LogP contribution >= 0.6 is 33.3 Å². The number of imide groups is 2. The van der Waals surface area contributed by atoms with Crippen LogP contribution in [0.1, 0.15) is 148 Å². The van der Waals surface area contributed by atoms with Crippen LogP contribution in [-0.2, 0) is 33.6 Å². The first-order chi connectivity index (χ1) is 29.8. The summed E-state index contributed by atoms with van der Waals surface area (Å²) in [5.74, 6) is 1.78. The zero-order valence-corrected chi connectivity index (χ0v) is 38.1. The van der Waals surface area contributed by atoms with Crippen molar-refractivity contribution in [2.45, 2.75) is 153 Å². The number of Topliss-reactive ketones (excluding diaryl/α,β-unsaturated/α-hetero) is 1. The van der Waals surface area contributed by atoms with Gasteiger partial charge in [0.2, 0.25) is 11.8 Å². The Labute approximate surface area is 373 Å². The number of nitrogens with zero attached hydrogens (tertiary/aromatic N) is 2. The van der Waals surface area contributed by atoms with Crippen LogP contribution in [0.15, 0.2) is 54.6 Å². The van der Waals surface area contributed by atoms with Crippen molar-refractivity contribution in [2.24, 2.45) is 0 Å². The molecule has 0 saturated carbocycles. The van der Waals surface area contributed by atoms with Gasteiger partial charge in [-0.1, -0.05) is 147 Å². The Kier molecular flexibility index (Phi) is 19.1. The number of anilines is 1. The maximum absolute atomic E-state index is 13.6. The molecule has 2 fully saturated rings. The Morgan fingerprint density at radius 3 is 1.67 bits per heavy atom. The van der Waals surface area contributed by atoms with Gasteiger partial charge in [-0.25, -0.2) is 9.69 Å². The van der Waals surface area contributed by atoms with E-state index in [0.717, 1.165) is 65.5 Å². The molecular weight excluding hydrogens is 825 g/mol. The van der Waals surface area contributed by atoms with Crippen LogP contribution in [-0.4, -0.2) is 63.0 Å². The fourth-order valence-electron chi connectivity index (χ4n) is 8.48. The van der Waals surface area contributed by atoms with Crippen molar-refractivity contribution in [3.63, 3.8) is 0 Å². The van der Waals surface area contributed by atoms with Gasteiger partial charge in [-0.05, 0) is 70.9 Å². The number of hydrogen-bond acceptors (Lipinski definition) is 10. The van der Waals surface area contributed by atoms with Gasteiger partial charge in [0.05, 0.1) is 10.9 Å². The van der Waals surface area contributed by atoms with Crippen molar-refractivity contribution < 1.29 is 33.6 Å². The molecule has 2 aliphatic rings. The first-order valence-electron chi connectivity index (χ1n) is 22.8. The summed E-state index contributed by atoms with van der Waals surface area (Å²) in [5, 5.41) is 6.82. The van der Waals surface area contributed by atoms with Crippen molar-refractivity contribution in [1.82, 2.24) is 5.06 Å². The van der Waals surface area contributed by atoms with E-state index < -0.39 is 23.0 Å². The average Bonchev–Trinajstić information content (AvgIpc) is 3.73. The van der Waals surface area contributed by atoms with Crippen molar-refractivity contribution in [3.05, 3.63) is 54.6 Å². The molecule has 9 nitrogen and oxygen atoms in total. The summed E-state index contributed by atoms with van der Waals surface area (Å²) in [4.78, 5) is 80.5. The van der Waals surface area contributed by atoms with Crippen molar-refractivity contribution in [2.75, 3.05) is 22.2 Å². The Hall–Kier alpha value is -3.61. The van der Waals surface area contributed by atoms with E-state index in [1.54, 1.807) is 0 Å². The lowest BCUT2D eigenvalue weighted by Crippen LogP contribution is -2.31. The van der Waals surface area contributed by atoms with Gasteiger partial charge in [-0.15, -0.1) is 16.8 Å². The number of thioether (sulfide) groups is 1. The average molecular weight is 887 g/mol. The molecule has 0 radical (unpaired) electrons. The standard InChI is InChI=1S/C49H62N2O7S3/c52-39(22-18-32-59-42-35-45(55)50(49(42)57)41-29-27-38-25-24-36-19-17-20-37-26-28-40(41)48(38)47(36)37)21-13-9-5-1-3-7-11-15-33-60-61-34-16-12-8-4-2-6-10-14-23-46(56)58-51-43(53)30-31-44(51)54/h17,19-20,24-29,42H,1-16,18,21-23,30-35H2. The number of unbranched alkanes of at least 4 members (excludes halogenated alkanes) is 14. The van der Waals surface area contributed by atoms with Crippen LogP contribution < -0.4 is 4.90 Å². The number of rotatable bonds is 30. The molecule has 0 spiro atoms. The van der Waals surface area contributed by atoms with Gasteiger partial charge in [0.15, 0.2) is 0 Å². The van der Waals surface area contributed by atoms with Crippen molar-refractivity contribution >= 4 is 107 Å². The molecule has 6 rings (SSSR count). The predicted molar refractivity (Wildman–Crippen MR) is 253 cm³/mol. The molecule has 4 aromatic carbocycles. The minimum absolute atomic E-state index is 0.122. The Bertz CT molecular complexity index is 2080. The molecule has 4 aromatic rings. The van der Waals surface area contributed by atoms with E-state index in [2.05, 4.69) is 36.4 Å². The first-order valence-corrected chi connectivity index (χ1v) is 26.3. The number of benzene rings is 4.